The lowest BCUT2D eigenvalue weighted by Crippen LogP contribution is -2.24. The minimum Gasteiger partial charge on any atom is -0.444 e. The molecule has 1 fully saturated rings. The molecular weight excluding hydrogens is 264 g/mol. The highest BCUT2D eigenvalue weighted by Gasteiger charge is 2.30. The molecule has 1 heterocycles. The number of rotatable bonds is 7. The van der Waals surface area contributed by atoms with E-state index in [1.165, 1.54) is 19.3 Å². The SMILES string of the molecule is CCCCCCC1CN(Cc2ccc(C#N)cc2)C(=O)O1. The Morgan fingerprint density at radius 2 is 2.05 bits per heavy atom. The van der Waals surface area contributed by atoms with Crippen molar-refractivity contribution >= 4 is 6.09 Å². The second kappa shape index (κ2) is 7.68. The molecule has 0 aliphatic carbocycles. The Labute approximate surface area is 126 Å². The Morgan fingerprint density at radius 1 is 1.29 bits per heavy atom. The van der Waals surface area contributed by atoms with Crippen LogP contribution in [-0.2, 0) is 11.3 Å². The molecule has 1 unspecified atom stereocenters. The number of hydrogen-bond donors (Lipinski definition) is 0. The monoisotopic (exact) mass is 286 g/mol. The Bertz CT molecular complexity index is 505. The van der Waals surface area contributed by atoms with Crippen molar-refractivity contribution in [2.24, 2.45) is 0 Å². The zero-order valence-corrected chi connectivity index (χ0v) is 12.5. The summed E-state index contributed by atoms with van der Waals surface area (Å²) in [5, 5.41) is 8.78. The third-order valence-corrected chi connectivity index (χ3v) is 3.79. The number of nitrogens with zero attached hydrogens (tertiary/aromatic N) is 2. The normalized spacial score (nSPS) is 17.6. The molecule has 0 spiro atoms. The van der Waals surface area contributed by atoms with Gasteiger partial charge in [-0.1, -0.05) is 38.3 Å². The second-order valence-electron chi connectivity index (χ2n) is 5.54. The van der Waals surface area contributed by atoms with E-state index in [4.69, 9.17) is 10.00 Å². The van der Waals surface area contributed by atoms with Gasteiger partial charge in [-0.15, -0.1) is 0 Å². The van der Waals surface area contributed by atoms with Crippen LogP contribution >= 0.6 is 0 Å². The average Bonchev–Trinajstić information content (AvgIpc) is 2.85. The molecule has 1 aromatic carbocycles. The van der Waals surface area contributed by atoms with Crippen molar-refractivity contribution in [1.29, 1.82) is 5.26 Å². The van der Waals surface area contributed by atoms with Crippen LogP contribution in [0.4, 0.5) is 4.79 Å². The van der Waals surface area contributed by atoms with Gasteiger partial charge >= 0.3 is 6.09 Å². The number of benzene rings is 1. The van der Waals surface area contributed by atoms with Crippen molar-refractivity contribution < 1.29 is 9.53 Å². The maximum atomic E-state index is 11.9. The first-order valence-corrected chi connectivity index (χ1v) is 7.67. The van der Waals surface area contributed by atoms with Crippen molar-refractivity contribution in [2.45, 2.75) is 51.7 Å². The van der Waals surface area contributed by atoms with Crippen LogP contribution in [0.5, 0.6) is 0 Å². The van der Waals surface area contributed by atoms with E-state index >= 15 is 0 Å². The van der Waals surface area contributed by atoms with Gasteiger partial charge in [-0.05, 0) is 30.5 Å². The molecule has 0 bridgehead atoms. The molecule has 21 heavy (non-hydrogen) atoms. The largest absolute Gasteiger partial charge is 0.444 e. The van der Waals surface area contributed by atoms with Crippen LogP contribution in [0.25, 0.3) is 0 Å². The minimum absolute atomic E-state index is 0.0349. The molecule has 4 heteroatoms. The molecule has 0 saturated carbocycles. The molecule has 1 atom stereocenters. The van der Waals surface area contributed by atoms with Crippen molar-refractivity contribution in [3.8, 4) is 6.07 Å². The van der Waals surface area contributed by atoms with Gasteiger partial charge < -0.3 is 9.64 Å². The van der Waals surface area contributed by atoms with E-state index in [0.29, 0.717) is 18.7 Å². The van der Waals surface area contributed by atoms with Gasteiger partial charge in [0.15, 0.2) is 0 Å². The van der Waals surface area contributed by atoms with Crippen LogP contribution in [0.3, 0.4) is 0 Å². The number of carbonyl (C=O) groups excluding carboxylic acids is 1. The Morgan fingerprint density at radius 3 is 2.71 bits per heavy atom. The molecule has 1 saturated heterocycles. The standard InChI is InChI=1S/C17H22N2O2/c1-2-3-4-5-6-16-13-19(17(20)21-16)12-15-9-7-14(11-18)8-10-15/h7-10,16H,2-6,12-13H2,1H3. The summed E-state index contributed by atoms with van der Waals surface area (Å²) in [5.74, 6) is 0. The van der Waals surface area contributed by atoms with E-state index in [1.54, 1.807) is 17.0 Å². The lowest BCUT2D eigenvalue weighted by Gasteiger charge is -2.12. The van der Waals surface area contributed by atoms with Gasteiger partial charge in [0.25, 0.3) is 0 Å². The predicted molar refractivity (Wildman–Crippen MR) is 80.6 cm³/mol. The van der Waals surface area contributed by atoms with Gasteiger partial charge in [0.05, 0.1) is 18.2 Å². The van der Waals surface area contributed by atoms with Crippen LogP contribution in [-0.4, -0.2) is 23.6 Å². The van der Waals surface area contributed by atoms with E-state index < -0.39 is 0 Å². The molecule has 4 nitrogen and oxygen atoms in total. The molecule has 2 rings (SSSR count). The highest BCUT2D eigenvalue weighted by Crippen LogP contribution is 2.19. The van der Waals surface area contributed by atoms with Gasteiger partial charge in [-0.2, -0.15) is 5.26 Å². The number of carbonyl (C=O) groups is 1. The topological polar surface area (TPSA) is 53.3 Å². The van der Waals surface area contributed by atoms with Crippen molar-refractivity contribution in [3.63, 3.8) is 0 Å². The summed E-state index contributed by atoms with van der Waals surface area (Å²) in [6, 6.07) is 9.42. The maximum absolute atomic E-state index is 11.9. The number of amides is 1. The molecule has 1 amide bonds. The molecule has 1 aliphatic rings. The molecule has 1 aromatic rings. The molecule has 112 valence electrons. The fraction of sp³-hybridized carbons (Fsp3) is 0.529. The summed E-state index contributed by atoms with van der Waals surface area (Å²) >= 11 is 0. The molecule has 0 aromatic heterocycles. The fourth-order valence-electron chi connectivity index (χ4n) is 2.56. The number of cyclic esters (lactones) is 1. The Balaban J connectivity index is 1.81. The summed E-state index contributed by atoms with van der Waals surface area (Å²) in [4.78, 5) is 13.6. The van der Waals surface area contributed by atoms with Crippen molar-refractivity contribution in [3.05, 3.63) is 35.4 Å². The second-order valence-corrected chi connectivity index (χ2v) is 5.54. The smallest absolute Gasteiger partial charge is 0.410 e. The quantitative estimate of drug-likeness (QED) is 0.715. The molecule has 0 radical (unpaired) electrons. The first-order chi connectivity index (χ1) is 10.2. The average molecular weight is 286 g/mol. The summed E-state index contributed by atoms with van der Waals surface area (Å²) in [6.45, 7) is 3.41. The first kappa shape index (κ1) is 15.4. The molecular formula is C17H22N2O2. The lowest BCUT2D eigenvalue weighted by molar-refractivity contribution is 0.127. The van der Waals surface area contributed by atoms with E-state index in [9.17, 15) is 4.79 Å². The number of unbranched alkanes of at least 4 members (excludes halogenated alkanes) is 3. The maximum Gasteiger partial charge on any atom is 0.410 e. The van der Waals surface area contributed by atoms with E-state index in [0.717, 1.165) is 18.4 Å². The lowest BCUT2D eigenvalue weighted by atomic mass is 10.1. The van der Waals surface area contributed by atoms with E-state index in [-0.39, 0.29) is 12.2 Å². The zero-order chi connectivity index (χ0) is 15.1. The van der Waals surface area contributed by atoms with Gasteiger partial charge in [0.1, 0.15) is 6.10 Å². The van der Waals surface area contributed by atoms with Gasteiger partial charge in [0, 0.05) is 6.54 Å². The number of hydrogen-bond acceptors (Lipinski definition) is 3. The van der Waals surface area contributed by atoms with Crippen LogP contribution in [0, 0.1) is 11.3 Å². The highest BCUT2D eigenvalue weighted by atomic mass is 16.6. The van der Waals surface area contributed by atoms with Crippen LogP contribution in [0.2, 0.25) is 0 Å². The van der Waals surface area contributed by atoms with Gasteiger partial charge in [-0.25, -0.2) is 4.79 Å². The Hall–Kier alpha value is -2.02. The third-order valence-electron chi connectivity index (χ3n) is 3.79. The zero-order valence-electron chi connectivity index (χ0n) is 12.5. The minimum atomic E-state index is -0.222. The van der Waals surface area contributed by atoms with Crippen LogP contribution in [0.15, 0.2) is 24.3 Å². The molecule has 1 aliphatic heterocycles. The van der Waals surface area contributed by atoms with E-state index in [2.05, 4.69) is 13.0 Å². The van der Waals surface area contributed by atoms with Crippen LogP contribution in [0.1, 0.15) is 50.2 Å². The number of ether oxygens (including phenoxy) is 1. The molecule has 0 N–H and O–H groups in total. The summed E-state index contributed by atoms with van der Waals surface area (Å²) in [6.07, 6.45) is 5.56. The summed E-state index contributed by atoms with van der Waals surface area (Å²) in [5.41, 5.74) is 1.66. The van der Waals surface area contributed by atoms with E-state index in [1.807, 2.05) is 12.1 Å². The van der Waals surface area contributed by atoms with Gasteiger partial charge in [0.2, 0.25) is 0 Å². The summed E-state index contributed by atoms with van der Waals surface area (Å²) < 4.78 is 5.41. The fourth-order valence-corrected chi connectivity index (χ4v) is 2.56. The summed E-state index contributed by atoms with van der Waals surface area (Å²) in [7, 11) is 0. The highest BCUT2D eigenvalue weighted by molar-refractivity contribution is 5.69. The van der Waals surface area contributed by atoms with Gasteiger partial charge in [-0.3, -0.25) is 0 Å². The predicted octanol–water partition coefficient (Wildman–Crippen LogP) is 3.85. The first-order valence-electron chi connectivity index (χ1n) is 7.67. The third kappa shape index (κ3) is 4.49. The van der Waals surface area contributed by atoms with Crippen LogP contribution < -0.4 is 0 Å². The Kier molecular flexibility index (Phi) is 5.62. The number of nitriles is 1. The van der Waals surface area contributed by atoms with Crippen molar-refractivity contribution in [2.75, 3.05) is 6.54 Å². The van der Waals surface area contributed by atoms with Crippen molar-refractivity contribution in [1.82, 2.24) is 4.90 Å².